The third-order valence-electron chi connectivity index (χ3n) is 2.51. The van der Waals surface area contributed by atoms with Gasteiger partial charge >= 0.3 is 0 Å². The fourth-order valence-electron chi connectivity index (χ4n) is 1.51. The zero-order valence-corrected chi connectivity index (χ0v) is 10.8. The largest absolute Gasteiger partial charge is 0.310 e. The smallest absolute Gasteiger partial charge is 0.270 e. The molecular weight excluding hydrogens is 252 g/mol. The highest BCUT2D eigenvalue weighted by Gasteiger charge is 2.21. The van der Waals surface area contributed by atoms with Gasteiger partial charge in [-0.2, -0.15) is 0 Å². The number of sulfone groups is 1. The van der Waals surface area contributed by atoms with Crippen LogP contribution >= 0.6 is 0 Å². The summed E-state index contributed by atoms with van der Waals surface area (Å²) < 4.78 is 24.4. The molecule has 0 bridgehead atoms. The van der Waals surface area contributed by atoms with Crippen molar-refractivity contribution in [1.29, 1.82) is 0 Å². The van der Waals surface area contributed by atoms with Crippen LogP contribution in [0.3, 0.4) is 0 Å². The van der Waals surface area contributed by atoms with E-state index in [2.05, 4.69) is 9.97 Å². The second-order valence-corrected chi connectivity index (χ2v) is 5.90. The topological polar surface area (TPSA) is 79.9 Å². The maximum atomic E-state index is 12.2. The standard InChI is InChI=1S/C12H12N2O3S/c1-8-3-5-10(6-4-8)18(16,17)11-7-13-9(2)14-12(11)15/h3-7H,1-2H3,(H,13,14,15). The van der Waals surface area contributed by atoms with Gasteiger partial charge in [0.05, 0.1) is 11.1 Å². The van der Waals surface area contributed by atoms with Gasteiger partial charge in [-0.1, -0.05) is 17.7 Å². The monoisotopic (exact) mass is 264 g/mol. The highest BCUT2D eigenvalue weighted by molar-refractivity contribution is 7.91. The van der Waals surface area contributed by atoms with E-state index in [0.717, 1.165) is 11.8 Å². The first-order valence-electron chi connectivity index (χ1n) is 5.29. The van der Waals surface area contributed by atoms with Gasteiger partial charge in [0.25, 0.3) is 5.56 Å². The Bertz CT molecular complexity index is 731. The molecule has 0 unspecified atom stereocenters. The minimum atomic E-state index is -3.81. The molecule has 1 aromatic carbocycles. The van der Waals surface area contributed by atoms with Gasteiger partial charge in [-0.3, -0.25) is 4.79 Å². The van der Waals surface area contributed by atoms with E-state index in [1.54, 1.807) is 19.1 Å². The van der Waals surface area contributed by atoms with Crippen LogP contribution in [-0.4, -0.2) is 18.4 Å². The molecule has 1 N–H and O–H groups in total. The third-order valence-corrected chi connectivity index (χ3v) is 4.28. The van der Waals surface area contributed by atoms with Crippen LogP contribution in [0.4, 0.5) is 0 Å². The van der Waals surface area contributed by atoms with Crippen molar-refractivity contribution in [3.63, 3.8) is 0 Å². The zero-order valence-electron chi connectivity index (χ0n) is 9.97. The lowest BCUT2D eigenvalue weighted by Gasteiger charge is -2.04. The van der Waals surface area contributed by atoms with Gasteiger partial charge in [-0.15, -0.1) is 0 Å². The quantitative estimate of drug-likeness (QED) is 0.884. The van der Waals surface area contributed by atoms with Gasteiger partial charge < -0.3 is 4.98 Å². The van der Waals surface area contributed by atoms with Crippen molar-refractivity contribution in [3.05, 3.63) is 52.2 Å². The summed E-state index contributed by atoms with van der Waals surface area (Å²) >= 11 is 0. The molecule has 0 aliphatic carbocycles. The number of nitrogens with one attached hydrogen (secondary N) is 1. The average Bonchev–Trinajstić information content (AvgIpc) is 2.29. The Morgan fingerprint density at radius 3 is 2.28 bits per heavy atom. The number of aromatic amines is 1. The van der Waals surface area contributed by atoms with Crippen molar-refractivity contribution in [2.24, 2.45) is 0 Å². The molecule has 0 saturated heterocycles. The summed E-state index contributed by atoms with van der Waals surface area (Å²) in [7, 11) is -3.81. The van der Waals surface area contributed by atoms with Crippen molar-refractivity contribution < 1.29 is 8.42 Å². The molecule has 1 aromatic heterocycles. The van der Waals surface area contributed by atoms with Crippen molar-refractivity contribution in [2.45, 2.75) is 23.6 Å². The van der Waals surface area contributed by atoms with E-state index < -0.39 is 15.4 Å². The fraction of sp³-hybridized carbons (Fsp3) is 0.167. The first kappa shape index (κ1) is 12.5. The van der Waals surface area contributed by atoms with Gasteiger partial charge in [0, 0.05) is 0 Å². The molecule has 94 valence electrons. The van der Waals surface area contributed by atoms with E-state index in [1.165, 1.54) is 12.1 Å². The lowest BCUT2D eigenvalue weighted by Crippen LogP contribution is -2.19. The van der Waals surface area contributed by atoms with Gasteiger partial charge in [0.1, 0.15) is 5.82 Å². The Morgan fingerprint density at radius 2 is 1.72 bits per heavy atom. The zero-order chi connectivity index (χ0) is 13.3. The Kier molecular flexibility index (Phi) is 3.04. The highest BCUT2D eigenvalue weighted by atomic mass is 32.2. The average molecular weight is 264 g/mol. The molecular formula is C12H12N2O3S. The SMILES string of the molecule is Cc1ccc(S(=O)(=O)c2cnc(C)[nH]c2=O)cc1. The van der Waals surface area contributed by atoms with Crippen LogP contribution in [0.1, 0.15) is 11.4 Å². The summed E-state index contributed by atoms with van der Waals surface area (Å²) in [5.41, 5.74) is 0.299. The number of hydrogen-bond acceptors (Lipinski definition) is 4. The number of benzene rings is 1. The van der Waals surface area contributed by atoms with E-state index in [4.69, 9.17) is 0 Å². The second-order valence-electron chi connectivity index (χ2n) is 3.98. The van der Waals surface area contributed by atoms with E-state index in [-0.39, 0.29) is 9.79 Å². The Hall–Kier alpha value is -1.95. The number of aryl methyl sites for hydroxylation is 2. The van der Waals surface area contributed by atoms with E-state index in [0.29, 0.717) is 5.82 Å². The molecule has 18 heavy (non-hydrogen) atoms. The molecule has 0 aliphatic heterocycles. The summed E-state index contributed by atoms with van der Waals surface area (Å²) in [6, 6.07) is 6.32. The summed E-state index contributed by atoms with van der Waals surface area (Å²) in [5.74, 6) is 0.378. The second kappa shape index (κ2) is 4.38. The minimum absolute atomic E-state index is 0.0873. The summed E-state index contributed by atoms with van der Waals surface area (Å²) in [4.78, 5) is 17.6. The first-order chi connectivity index (χ1) is 8.41. The molecule has 5 nitrogen and oxygen atoms in total. The van der Waals surface area contributed by atoms with Crippen molar-refractivity contribution in [2.75, 3.05) is 0 Å². The molecule has 0 saturated carbocycles. The molecule has 2 rings (SSSR count). The molecule has 6 heteroatoms. The fourth-order valence-corrected chi connectivity index (χ4v) is 2.74. The summed E-state index contributed by atoms with van der Waals surface area (Å²) in [5, 5.41) is 0. The van der Waals surface area contributed by atoms with Crippen LogP contribution in [0, 0.1) is 13.8 Å². The van der Waals surface area contributed by atoms with Crippen molar-refractivity contribution in [1.82, 2.24) is 9.97 Å². The number of hydrogen-bond donors (Lipinski definition) is 1. The molecule has 0 atom stereocenters. The van der Waals surface area contributed by atoms with Gasteiger partial charge in [0.2, 0.25) is 9.84 Å². The summed E-state index contributed by atoms with van der Waals surface area (Å²) in [6.45, 7) is 3.44. The van der Waals surface area contributed by atoms with Crippen LogP contribution in [0.15, 0.2) is 45.0 Å². The molecule has 0 radical (unpaired) electrons. The van der Waals surface area contributed by atoms with Crippen LogP contribution in [0.25, 0.3) is 0 Å². The molecule has 0 spiro atoms. The van der Waals surface area contributed by atoms with E-state index in [9.17, 15) is 13.2 Å². The number of nitrogens with zero attached hydrogens (tertiary/aromatic N) is 1. The Morgan fingerprint density at radius 1 is 1.11 bits per heavy atom. The predicted molar refractivity (Wildman–Crippen MR) is 66.2 cm³/mol. The van der Waals surface area contributed by atoms with E-state index >= 15 is 0 Å². The summed E-state index contributed by atoms with van der Waals surface area (Å²) in [6.07, 6.45) is 1.09. The molecule has 2 aromatic rings. The lowest BCUT2D eigenvalue weighted by atomic mass is 10.2. The molecule has 0 aliphatic rings. The molecule has 0 amide bonds. The highest BCUT2D eigenvalue weighted by Crippen LogP contribution is 2.17. The molecule has 0 fully saturated rings. The van der Waals surface area contributed by atoms with Gasteiger partial charge in [-0.25, -0.2) is 13.4 Å². The maximum Gasteiger partial charge on any atom is 0.270 e. The van der Waals surface area contributed by atoms with Crippen LogP contribution < -0.4 is 5.56 Å². The van der Waals surface area contributed by atoms with Crippen LogP contribution in [0.5, 0.6) is 0 Å². The third kappa shape index (κ3) is 2.19. The first-order valence-corrected chi connectivity index (χ1v) is 6.77. The number of aromatic nitrogens is 2. The maximum absolute atomic E-state index is 12.2. The molecule has 1 heterocycles. The Labute approximate surface area is 104 Å². The predicted octanol–water partition coefficient (Wildman–Crippen LogP) is 1.22. The van der Waals surface area contributed by atoms with Crippen molar-refractivity contribution >= 4 is 9.84 Å². The van der Waals surface area contributed by atoms with Crippen molar-refractivity contribution in [3.8, 4) is 0 Å². The van der Waals surface area contributed by atoms with Crippen LogP contribution in [0.2, 0.25) is 0 Å². The van der Waals surface area contributed by atoms with Crippen LogP contribution in [-0.2, 0) is 9.84 Å². The van der Waals surface area contributed by atoms with Gasteiger partial charge in [-0.05, 0) is 26.0 Å². The minimum Gasteiger partial charge on any atom is -0.310 e. The number of rotatable bonds is 2. The van der Waals surface area contributed by atoms with Gasteiger partial charge in [0.15, 0.2) is 4.90 Å². The normalized spacial score (nSPS) is 11.4. The number of H-pyrrole nitrogens is 1. The lowest BCUT2D eigenvalue weighted by molar-refractivity contribution is 0.594. The van der Waals surface area contributed by atoms with E-state index in [1.807, 2.05) is 6.92 Å². The Balaban J connectivity index is 2.62.